The number of hydrogen-bond acceptors (Lipinski definition) is 2. The van der Waals surface area contributed by atoms with Crippen molar-refractivity contribution >= 4 is 33.2 Å². The van der Waals surface area contributed by atoms with Crippen LogP contribution < -0.4 is 0 Å². The number of halogens is 2. The van der Waals surface area contributed by atoms with Gasteiger partial charge in [0.25, 0.3) is 0 Å². The molecule has 0 radical (unpaired) electrons. The number of benzene rings is 2. The molecule has 0 saturated heterocycles. The zero-order valence-corrected chi connectivity index (χ0v) is 12.5. The van der Waals surface area contributed by atoms with E-state index < -0.39 is 0 Å². The van der Waals surface area contributed by atoms with Gasteiger partial charge >= 0.3 is 0 Å². The number of nitrogens with zero attached hydrogens (tertiary/aromatic N) is 1. The van der Waals surface area contributed by atoms with Crippen LogP contribution in [0, 0.1) is 0 Å². The van der Waals surface area contributed by atoms with Gasteiger partial charge < -0.3 is 5.21 Å². The maximum absolute atomic E-state index is 9.05. The van der Waals surface area contributed by atoms with E-state index in [1.165, 1.54) is 5.56 Å². The summed E-state index contributed by atoms with van der Waals surface area (Å²) in [4.78, 5) is 0. The summed E-state index contributed by atoms with van der Waals surface area (Å²) in [6.45, 7) is 0. The second kappa shape index (κ2) is 6.73. The van der Waals surface area contributed by atoms with Gasteiger partial charge in [0.05, 0.1) is 5.71 Å². The molecule has 0 amide bonds. The molecule has 0 fully saturated rings. The van der Waals surface area contributed by atoms with E-state index >= 15 is 0 Å². The average molecular weight is 339 g/mol. The SMILES string of the molecule is ON=C(CBr)c1ccccc1Cc1ccc(Cl)cc1. The van der Waals surface area contributed by atoms with Gasteiger partial charge in [-0.25, -0.2) is 0 Å². The Morgan fingerprint density at radius 3 is 2.42 bits per heavy atom. The molecule has 0 saturated carbocycles. The van der Waals surface area contributed by atoms with Gasteiger partial charge in [0.15, 0.2) is 0 Å². The van der Waals surface area contributed by atoms with E-state index in [1.807, 2.05) is 48.5 Å². The maximum Gasteiger partial charge on any atom is 0.0975 e. The number of rotatable bonds is 4. The lowest BCUT2D eigenvalue weighted by Crippen LogP contribution is -2.07. The summed E-state index contributed by atoms with van der Waals surface area (Å²) in [5.41, 5.74) is 3.88. The first-order valence-electron chi connectivity index (χ1n) is 5.84. The van der Waals surface area contributed by atoms with Crippen molar-refractivity contribution in [3.05, 3.63) is 70.2 Å². The molecule has 0 bridgehead atoms. The third-order valence-corrected chi connectivity index (χ3v) is 3.67. The van der Waals surface area contributed by atoms with E-state index in [4.69, 9.17) is 16.8 Å². The Labute approximate surface area is 125 Å². The lowest BCUT2D eigenvalue weighted by atomic mass is 9.97. The van der Waals surface area contributed by atoms with Crippen LogP contribution in [0.2, 0.25) is 5.02 Å². The van der Waals surface area contributed by atoms with Crippen LogP contribution in [0.3, 0.4) is 0 Å². The van der Waals surface area contributed by atoms with Gasteiger partial charge in [0.1, 0.15) is 0 Å². The topological polar surface area (TPSA) is 32.6 Å². The smallest absolute Gasteiger partial charge is 0.0975 e. The average Bonchev–Trinajstić information content (AvgIpc) is 2.44. The molecule has 0 heterocycles. The van der Waals surface area contributed by atoms with E-state index in [2.05, 4.69) is 21.1 Å². The second-order valence-electron chi connectivity index (χ2n) is 4.14. The monoisotopic (exact) mass is 337 g/mol. The van der Waals surface area contributed by atoms with E-state index in [9.17, 15) is 0 Å². The second-order valence-corrected chi connectivity index (χ2v) is 5.14. The van der Waals surface area contributed by atoms with Gasteiger partial charge in [-0.05, 0) is 29.7 Å². The predicted octanol–water partition coefficient (Wildman–Crippen LogP) is 4.50. The zero-order valence-electron chi connectivity index (χ0n) is 10.2. The molecule has 0 spiro atoms. The molecule has 0 aliphatic heterocycles. The minimum absolute atomic E-state index is 0.515. The standard InChI is InChI=1S/C15H13BrClNO/c16-10-15(18-19)14-4-2-1-3-12(14)9-11-5-7-13(17)8-6-11/h1-8,19H,9-10H2. The molecule has 2 aromatic rings. The van der Waals surface area contributed by atoms with Crippen LogP contribution in [-0.4, -0.2) is 16.2 Å². The Balaban J connectivity index is 2.32. The number of oxime groups is 1. The molecule has 1 N–H and O–H groups in total. The highest BCUT2D eigenvalue weighted by molar-refractivity contribution is 9.09. The van der Waals surface area contributed by atoms with Crippen molar-refractivity contribution in [1.29, 1.82) is 0 Å². The molecule has 4 heteroatoms. The van der Waals surface area contributed by atoms with Gasteiger partial charge in [-0.1, -0.05) is 69.1 Å². The first-order valence-corrected chi connectivity index (χ1v) is 7.34. The van der Waals surface area contributed by atoms with E-state index in [1.54, 1.807) is 0 Å². The molecule has 2 nitrogen and oxygen atoms in total. The molecule has 0 atom stereocenters. The lowest BCUT2D eigenvalue weighted by Gasteiger charge is -2.09. The van der Waals surface area contributed by atoms with Gasteiger partial charge in [0, 0.05) is 15.9 Å². The fraction of sp³-hybridized carbons (Fsp3) is 0.133. The van der Waals surface area contributed by atoms with Crippen molar-refractivity contribution < 1.29 is 5.21 Å². The minimum atomic E-state index is 0.515. The lowest BCUT2D eigenvalue weighted by molar-refractivity contribution is 0.319. The van der Waals surface area contributed by atoms with Crippen LogP contribution in [0.15, 0.2) is 53.7 Å². The summed E-state index contributed by atoms with van der Waals surface area (Å²) in [5, 5.41) is 13.6. The highest BCUT2D eigenvalue weighted by Gasteiger charge is 2.09. The highest BCUT2D eigenvalue weighted by Crippen LogP contribution is 2.18. The molecule has 98 valence electrons. The van der Waals surface area contributed by atoms with Gasteiger partial charge in [-0.15, -0.1) is 0 Å². The van der Waals surface area contributed by atoms with Crippen molar-refractivity contribution in [3.8, 4) is 0 Å². The Hall–Kier alpha value is -1.32. The third kappa shape index (κ3) is 3.58. The molecule has 2 rings (SSSR count). The summed E-state index contributed by atoms with van der Waals surface area (Å²) in [5.74, 6) is 0. The molecular weight excluding hydrogens is 326 g/mol. The maximum atomic E-state index is 9.05. The first-order chi connectivity index (χ1) is 9.24. The molecule has 0 aromatic heterocycles. The Bertz CT molecular complexity index is 581. The molecule has 2 aromatic carbocycles. The Morgan fingerprint density at radius 1 is 1.11 bits per heavy atom. The normalized spacial score (nSPS) is 11.6. The van der Waals surface area contributed by atoms with Crippen LogP contribution in [0.4, 0.5) is 0 Å². The zero-order chi connectivity index (χ0) is 13.7. The van der Waals surface area contributed by atoms with E-state index in [0.29, 0.717) is 11.0 Å². The van der Waals surface area contributed by atoms with Crippen LogP contribution >= 0.6 is 27.5 Å². The van der Waals surface area contributed by atoms with E-state index in [-0.39, 0.29) is 0 Å². The first kappa shape index (κ1) is 14.1. The Kier molecular flexibility index (Phi) is 5.00. The quantitative estimate of drug-likeness (QED) is 0.378. The van der Waals surface area contributed by atoms with Crippen LogP contribution in [0.1, 0.15) is 16.7 Å². The van der Waals surface area contributed by atoms with Crippen LogP contribution in [0.5, 0.6) is 0 Å². The number of alkyl halides is 1. The fourth-order valence-corrected chi connectivity index (χ4v) is 2.47. The van der Waals surface area contributed by atoms with Crippen molar-refractivity contribution in [2.24, 2.45) is 5.16 Å². The van der Waals surface area contributed by atoms with Crippen molar-refractivity contribution in [3.63, 3.8) is 0 Å². The Morgan fingerprint density at radius 2 is 1.79 bits per heavy atom. The van der Waals surface area contributed by atoms with Crippen LogP contribution in [0.25, 0.3) is 0 Å². The summed E-state index contributed by atoms with van der Waals surface area (Å²) in [6.07, 6.45) is 0.777. The summed E-state index contributed by atoms with van der Waals surface area (Å²) in [6, 6.07) is 15.7. The minimum Gasteiger partial charge on any atom is -0.411 e. The highest BCUT2D eigenvalue weighted by atomic mass is 79.9. The molecular formula is C15H13BrClNO. The van der Waals surface area contributed by atoms with Gasteiger partial charge in [-0.3, -0.25) is 0 Å². The third-order valence-electron chi connectivity index (χ3n) is 2.88. The van der Waals surface area contributed by atoms with Crippen molar-refractivity contribution in [2.75, 3.05) is 5.33 Å². The van der Waals surface area contributed by atoms with E-state index in [0.717, 1.165) is 22.6 Å². The molecule has 0 aliphatic carbocycles. The van der Waals surface area contributed by atoms with Gasteiger partial charge in [-0.2, -0.15) is 0 Å². The van der Waals surface area contributed by atoms with Crippen molar-refractivity contribution in [1.82, 2.24) is 0 Å². The summed E-state index contributed by atoms with van der Waals surface area (Å²) in [7, 11) is 0. The molecule has 0 unspecified atom stereocenters. The summed E-state index contributed by atoms with van der Waals surface area (Å²) >= 11 is 9.22. The summed E-state index contributed by atoms with van der Waals surface area (Å²) < 4.78 is 0. The molecule has 0 aliphatic rings. The molecule has 19 heavy (non-hydrogen) atoms. The largest absolute Gasteiger partial charge is 0.411 e. The van der Waals surface area contributed by atoms with Crippen LogP contribution in [-0.2, 0) is 6.42 Å². The predicted molar refractivity (Wildman–Crippen MR) is 82.8 cm³/mol. The van der Waals surface area contributed by atoms with Crippen molar-refractivity contribution in [2.45, 2.75) is 6.42 Å². The van der Waals surface area contributed by atoms with Gasteiger partial charge in [0.2, 0.25) is 0 Å². The fourth-order valence-electron chi connectivity index (χ4n) is 1.93. The number of hydrogen-bond donors (Lipinski definition) is 1.